The van der Waals surface area contributed by atoms with Crippen LogP contribution in [-0.4, -0.2) is 29.1 Å². The lowest BCUT2D eigenvalue weighted by Crippen LogP contribution is -2.40. The Labute approximate surface area is 118 Å². The van der Waals surface area contributed by atoms with Crippen molar-refractivity contribution in [2.75, 3.05) is 12.3 Å². The van der Waals surface area contributed by atoms with Crippen molar-refractivity contribution in [3.05, 3.63) is 29.8 Å². The van der Waals surface area contributed by atoms with Crippen LogP contribution in [0.1, 0.15) is 31.7 Å². The summed E-state index contributed by atoms with van der Waals surface area (Å²) in [7, 11) is 0. The van der Waals surface area contributed by atoms with Crippen LogP contribution in [0, 0.1) is 11.3 Å². The van der Waals surface area contributed by atoms with E-state index in [2.05, 4.69) is 12.1 Å². The third-order valence-corrected chi connectivity index (χ3v) is 4.55. The van der Waals surface area contributed by atoms with Crippen molar-refractivity contribution in [2.45, 2.75) is 37.1 Å². The number of hydrogen-bond acceptors (Lipinski definition) is 3. The largest absolute Gasteiger partial charge is 0.339 e. The summed E-state index contributed by atoms with van der Waals surface area (Å²) >= 11 is 1.74. The standard InChI is InChI=1S/C15H18N2OS/c1-11(2)17(9-5-8-16)15(18)13-10-19-14-7-4-3-6-12(13)14/h3-4,6-7,11,13H,5,9-10H2,1-2H3. The van der Waals surface area contributed by atoms with Gasteiger partial charge in [0.25, 0.3) is 0 Å². The second-order valence-electron chi connectivity index (χ2n) is 4.93. The summed E-state index contributed by atoms with van der Waals surface area (Å²) in [6, 6.07) is 10.4. The van der Waals surface area contributed by atoms with Crippen LogP contribution in [0.25, 0.3) is 0 Å². The third kappa shape index (κ3) is 2.93. The van der Waals surface area contributed by atoms with Crippen molar-refractivity contribution < 1.29 is 4.79 Å². The number of amides is 1. The maximum absolute atomic E-state index is 12.7. The number of thioether (sulfide) groups is 1. The predicted molar refractivity (Wildman–Crippen MR) is 77.0 cm³/mol. The lowest BCUT2D eigenvalue weighted by molar-refractivity contribution is -0.133. The van der Waals surface area contributed by atoms with Crippen molar-refractivity contribution in [1.82, 2.24) is 4.90 Å². The zero-order valence-corrected chi connectivity index (χ0v) is 12.1. The van der Waals surface area contributed by atoms with Crippen LogP contribution in [0.2, 0.25) is 0 Å². The average Bonchev–Trinajstić information content (AvgIpc) is 2.82. The van der Waals surface area contributed by atoms with Gasteiger partial charge in [-0.15, -0.1) is 11.8 Å². The number of nitriles is 1. The minimum absolute atomic E-state index is 0.0534. The van der Waals surface area contributed by atoms with Gasteiger partial charge in [-0.25, -0.2) is 0 Å². The van der Waals surface area contributed by atoms with Crippen LogP contribution < -0.4 is 0 Å². The fourth-order valence-corrected chi connectivity index (χ4v) is 3.58. The zero-order valence-electron chi connectivity index (χ0n) is 11.3. The van der Waals surface area contributed by atoms with Gasteiger partial charge in [-0.05, 0) is 25.5 Å². The number of rotatable bonds is 4. The maximum atomic E-state index is 12.7. The van der Waals surface area contributed by atoms with Gasteiger partial charge in [0, 0.05) is 23.2 Å². The molecule has 0 saturated heterocycles. The molecule has 1 amide bonds. The van der Waals surface area contributed by atoms with Crippen LogP contribution in [0.3, 0.4) is 0 Å². The topological polar surface area (TPSA) is 44.1 Å². The second-order valence-corrected chi connectivity index (χ2v) is 6.00. The van der Waals surface area contributed by atoms with Gasteiger partial charge in [0.15, 0.2) is 0 Å². The lowest BCUT2D eigenvalue weighted by Gasteiger charge is -2.28. The fraction of sp³-hybridized carbons (Fsp3) is 0.467. The van der Waals surface area contributed by atoms with E-state index in [0.29, 0.717) is 13.0 Å². The predicted octanol–water partition coefficient (Wildman–Crippen LogP) is 3.03. The number of benzene rings is 1. The van der Waals surface area contributed by atoms with E-state index in [-0.39, 0.29) is 17.9 Å². The Kier molecular flexibility index (Phi) is 4.49. The normalized spacial score (nSPS) is 17.1. The van der Waals surface area contributed by atoms with Gasteiger partial charge in [0.05, 0.1) is 18.4 Å². The monoisotopic (exact) mass is 274 g/mol. The number of hydrogen-bond donors (Lipinski definition) is 0. The van der Waals surface area contributed by atoms with Crippen molar-refractivity contribution in [3.63, 3.8) is 0 Å². The number of carbonyl (C=O) groups excluding carboxylic acids is 1. The highest BCUT2D eigenvalue weighted by atomic mass is 32.2. The molecule has 1 heterocycles. The molecule has 3 nitrogen and oxygen atoms in total. The SMILES string of the molecule is CC(C)N(CCC#N)C(=O)C1CSc2ccccc21. The van der Waals surface area contributed by atoms with E-state index < -0.39 is 0 Å². The first-order chi connectivity index (χ1) is 9.15. The second kappa shape index (κ2) is 6.12. The molecule has 19 heavy (non-hydrogen) atoms. The summed E-state index contributed by atoms with van der Waals surface area (Å²) in [4.78, 5) is 15.7. The summed E-state index contributed by atoms with van der Waals surface area (Å²) in [5, 5.41) is 8.71. The Balaban J connectivity index is 2.17. The Morgan fingerprint density at radius 1 is 1.53 bits per heavy atom. The molecule has 0 bridgehead atoms. The Bertz CT molecular complexity index is 507. The van der Waals surface area contributed by atoms with E-state index >= 15 is 0 Å². The molecule has 4 heteroatoms. The third-order valence-electron chi connectivity index (χ3n) is 3.37. The van der Waals surface area contributed by atoms with Crippen LogP contribution in [0.15, 0.2) is 29.2 Å². The molecule has 0 aliphatic carbocycles. The molecule has 1 aliphatic heterocycles. The van der Waals surface area contributed by atoms with Crippen molar-refractivity contribution in [1.29, 1.82) is 5.26 Å². The van der Waals surface area contributed by atoms with Gasteiger partial charge in [0.1, 0.15) is 0 Å². The molecule has 1 aliphatic rings. The molecule has 100 valence electrons. The molecule has 0 spiro atoms. The summed E-state index contributed by atoms with van der Waals surface area (Å²) in [6.45, 7) is 4.53. The summed E-state index contributed by atoms with van der Waals surface area (Å²) in [5.41, 5.74) is 1.14. The van der Waals surface area contributed by atoms with Crippen molar-refractivity contribution in [2.24, 2.45) is 0 Å². The first-order valence-corrected chi connectivity index (χ1v) is 7.53. The molecule has 1 aromatic carbocycles. The number of nitrogens with zero attached hydrogens (tertiary/aromatic N) is 2. The van der Waals surface area contributed by atoms with E-state index in [4.69, 9.17) is 5.26 Å². The number of carbonyl (C=O) groups is 1. The molecular formula is C15H18N2OS. The minimum atomic E-state index is -0.0534. The molecule has 1 unspecified atom stereocenters. The van der Waals surface area contributed by atoms with E-state index in [1.54, 1.807) is 11.8 Å². The fourth-order valence-electron chi connectivity index (χ4n) is 2.36. The Morgan fingerprint density at radius 2 is 2.26 bits per heavy atom. The van der Waals surface area contributed by atoms with Gasteiger partial charge < -0.3 is 4.90 Å². The molecule has 1 atom stereocenters. The molecule has 0 radical (unpaired) electrons. The molecular weight excluding hydrogens is 256 g/mol. The molecule has 2 rings (SSSR count). The molecule has 0 N–H and O–H groups in total. The van der Waals surface area contributed by atoms with Gasteiger partial charge in [0.2, 0.25) is 5.91 Å². The van der Waals surface area contributed by atoms with E-state index in [0.717, 1.165) is 11.3 Å². The lowest BCUT2D eigenvalue weighted by atomic mass is 9.99. The summed E-state index contributed by atoms with van der Waals surface area (Å²) in [6.07, 6.45) is 0.394. The van der Waals surface area contributed by atoms with Crippen LogP contribution in [-0.2, 0) is 4.79 Å². The van der Waals surface area contributed by atoms with Crippen molar-refractivity contribution >= 4 is 17.7 Å². The highest BCUT2D eigenvalue weighted by Crippen LogP contribution is 2.40. The zero-order chi connectivity index (χ0) is 13.8. The van der Waals surface area contributed by atoms with Gasteiger partial charge >= 0.3 is 0 Å². The minimum Gasteiger partial charge on any atom is -0.339 e. The summed E-state index contributed by atoms with van der Waals surface area (Å²) < 4.78 is 0. The van der Waals surface area contributed by atoms with E-state index in [9.17, 15) is 4.79 Å². The average molecular weight is 274 g/mol. The first-order valence-electron chi connectivity index (χ1n) is 6.54. The smallest absolute Gasteiger partial charge is 0.231 e. The molecule has 0 saturated carbocycles. The Morgan fingerprint density at radius 3 is 2.95 bits per heavy atom. The highest BCUT2D eigenvalue weighted by molar-refractivity contribution is 7.99. The van der Waals surface area contributed by atoms with Crippen LogP contribution >= 0.6 is 11.8 Å². The highest BCUT2D eigenvalue weighted by Gasteiger charge is 2.32. The van der Waals surface area contributed by atoms with E-state index in [1.807, 2.05) is 36.9 Å². The quantitative estimate of drug-likeness (QED) is 0.847. The summed E-state index contributed by atoms with van der Waals surface area (Å²) in [5.74, 6) is 0.915. The van der Waals surface area contributed by atoms with Crippen LogP contribution in [0.4, 0.5) is 0 Å². The Hall–Kier alpha value is -1.47. The first kappa shape index (κ1) is 14.0. The molecule has 1 aromatic rings. The van der Waals surface area contributed by atoms with Gasteiger partial charge in [-0.1, -0.05) is 18.2 Å². The molecule has 0 fully saturated rings. The van der Waals surface area contributed by atoms with Gasteiger partial charge in [-0.3, -0.25) is 4.79 Å². The van der Waals surface area contributed by atoms with Gasteiger partial charge in [-0.2, -0.15) is 5.26 Å². The van der Waals surface area contributed by atoms with Crippen LogP contribution in [0.5, 0.6) is 0 Å². The maximum Gasteiger partial charge on any atom is 0.231 e. The number of fused-ring (bicyclic) bond motifs is 1. The molecule has 0 aromatic heterocycles. The van der Waals surface area contributed by atoms with E-state index in [1.165, 1.54) is 4.90 Å². The van der Waals surface area contributed by atoms with Crippen molar-refractivity contribution in [3.8, 4) is 6.07 Å².